The minimum Gasteiger partial charge on any atom is -0.258 e. The molecular formula is C15H25N. The number of aromatic nitrogens is 1. The van der Waals surface area contributed by atoms with Gasteiger partial charge in [-0.05, 0) is 55.7 Å². The first-order chi connectivity index (χ1) is 7.34. The van der Waals surface area contributed by atoms with E-state index in [1.807, 2.05) is 0 Å². The van der Waals surface area contributed by atoms with Gasteiger partial charge in [0.15, 0.2) is 0 Å². The highest BCUT2D eigenvalue weighted by Crippen LogP contribution is 2.26. The van der Waals surface area contributed by atoms with Gasteiger partial charge in [-0.1, -0.05) is 27.7 Å². The zero-order valence-electron chi connectivity index (χ0n) is 11.8. The SMILES string of the molecule is Cc1nc(CC(C)C)c(C)c(C)c1C(C)C. The maximum absolute atomic E-state index is 4.79. The molecule has 1 heteroatoms. The highest BCUT2D eigenvalue weighted by atomic mass is 14.7. The number of pyridine rings is 1. The summed E-state index contributed by atoms with van der Waals surface area (Å²) >= 11 is 0. The van der Waals surface area contributed by atoms with Crippen LogP contribution in [0.25, 0.3) is 0 Å². The zero-order valence-corrected chi connectivity index (χ0v) is 11.8. The Morgan fingerprint density at radius 1 is 0.938 bits per heavy atom. The van der Waals surface area contributed by atoms with Gasteiger partial charge in [0.25, 0.3) is 0 Å². The first-order valence-corrected chi connectivity index (χ1v) is 6.31. The molecule has 0 radical (unpaired) electrons. The average molecular weight is 219 g/mol. The summed E-state index contributed by atoms with van der Waals surface area (Å²) in [4.78, 5) is 4.79. The number of hydrogen-bond acceptors (Lipinski definition) is 1. The van der Waals surface area contributed by atoms with Gasteiger partial charge in [0.05, 0.1) is 0 Å². The normalized spacial score (nSPS) is 11.6. The third-order valence-corrected chi connectivity index (χ3v) is 3.27. The fourth-order valence-electron chi connectivity index (χ4n) is 2.47. The van der Waals surface area contributed by atoms with E-state index in [0.717, 1.165) is 6.42 Å². The molecule has 1 rings (SSSR count). The highest BCUT2D eigenvalue weighted by Gasteiger charge is 2.14. The van der Waals surface area contributed by atoms with Crippen molar-refractivity contribution < 1.29 is 0 Å². The Bertz CT molecular complexity index is 376. The molecule has 0 aliphatic rings. The van der Waals surface area contributed by atoms with Crippen LogP contribution in [0.4, 0.5) is 0 Å². The van der Waals surface area contributed by atoms with E-state index in [1.165, 1.54) is 28.1 Å². The summed E-state index contributed by atoms with van der Waals surface area (Å²) in [6.07, 6.45) is 1.09. The minimum absolute atomic E-state index is 0.569. The highest BCUT2D eigenvalue weighted by molar-refractivity contribution is 5.40. The van der Waals surface area contributed by atoms with Crippen molar-refractivity contribution in [2.75, 3.05) is 0 Å². The van der Waals surface area contributed by atoms with E-state index < -0.39 is 0 Å². The van der Waals surface area contributed by atoms with Crippen molar-refractivity contribution in [3.63, 3.8) is 0 Å². The molecule has 1 aromatic heterocycles. The van der Waals surface area contributed by atoms with E-state index in [4.69, 9.17) is 4.98 Å². The van der Waals surface area contributed by atoms with Crippen molar-refractivity contribution in [1.82, 2.24) is 4.98 Å². The van der Waals surface area contributed by atoms with Crippen LogP contribution in [0.5, 0.6) is 0 Å². The molecule has 16 heavy (non-hydrogen) atoms. The molecule has 90 valence electrons. The molecule has 0 unspecified atom stereocenters. The average Bonchev–Trinajstić information content (AvgIpc) is 2.12. The van der Waals surface area contributed by atoms with Crippen molar-refractivity contribution in [3.8, 4) is 0 Å². The third kappa shape index (κ3) is 2.63. The van der Waals surface area contributed by atoms with Gasteiger partial charge in [0, 0.05) is 11.4 Å². The minimum atomic E-state index is 0.569. The van der Waals surface area contributed by atoms with Gasteiger partial charge < -0.3 is 0 Å². The lowest BCUT2D eigenvalue weighted by atomic mass is 9.91. The smallest absolute Gasteiger partial charge is 0.0441 e. The molecule has 0 atom stereocenters. The molecule has 0 bridgehead atoms. The van der Waals surface area contributed by atoms with Crippen molar-refractivity contribution in [3.05, 3.63) is 28.1 Å². The predicted molar refractivity (Wildman–Crippen MR) is 71.1 cm³/mol. The Labute approximate surface area is 100 Å². The Morgan fingerprint density at radius 3 is 1.94 bits per heavy atom. The topological polar surface area (TPSA) is 12.9 Å². The molecule has 0 fully saturated rings. The zero-order chi connectivity index (χ0) is 12.5. The van der Waals surface area contributed by atoms with E-state index in [-0.39, 0.29) is 0 Å². The molecule has 0 spiro atoms. The van der Waals surface area contributed by atoms with Gasteiger partial charge in [-0.3, -0.25) is 4.98 Å². The summed E-state index contributed by atoms with van der Waals surface area (Å²) in [6, 6.07) is 0. The van der Waals surface area contributed by atoms with Gasteiger partial charge >= 0.3 is 0 Å². The van der Waals surface area contributed by atoms with Gasteiger partial charge in [-0.2, -0.15) is 0 Å². The summed E-state index contributed by atoms with van der Waals surface area (Å²) in [6.45, 7) is 15.6. The van der Waals surface area contributed by atoms with Crippen LogP contribution in [0, 0.1) is 26.7 Å². The van der Waals surface area contributed by atoms with Crippen molar-refractivity contribution >= 4 is 0 Å². The van der Waals surface area contributed by atoms with E-state index in [1.54, 1.807) is 0 Å². The van der Waals surface area contributed by atoms with E-state index in [2.05, 4.69) is 48.5 Å². The predicted octanol–water partition coefficient (Wildman–Crippen LogP) is 4.33. The maximum Gasteiger partial charge on any atom is 0.0441 e. The molecule has 0 aliphatic carbocycles. The molecule has 0 amide bonds. The number of rotatable bonds is 3. The summed E-state index contributed by atoms with van der Waals surface area (Å²) in [5, 5.41) is 0. The van der Waals surface area contributed by atoms with Crippen LogP contribution >= 0.6 is 0 Å². The van der Waals surface area contributed by atoms with Crippen LogP contribution < -0.4 is 0 Å². The summed E-state index contributed by atoms with van der Waals surface area (Å²) in [5.74, 6) is 1.24. The van der Waals surface area contributed by atoms with Gasteiger partial charge in [-0.25, -0.2) is 0 Å². The van der Waals surface area contributed by atoms with Crippen LogP contribution in [-0.2, 0) is 6.42 Å². The standard InChI is InChI=1S/C15H25N/c1-9(2)8-14-11(5)12(6)15(10(3)4)13(7)16-14/h9-10H,8H2,1-7H3. The first-order valence-electron chi connectivity index (χ1n) is 6.31. The Hall–Kier alpha value is -0.850. The van der Waals surface area contributed by atoms with Crippen LogP contribution in [-0.4, -0.2) is 4.98 Å². The lowest BCUT2D eigenvalue weighted by Crippen LogP contribution is -2.08. The number of hydrogen-bond donors (Lipinski definition) is 0. The second-order valence-corrected chi connectivity index (χ2v) is 5.56. The van der Waals surface area contributed by atoms with Gasteiger partial charge in [-0.15, -0.1) is 0 Å². The van der Waals surface area contributed by atoms with Crippen LogP contribution in [0.15, 0.2) is 0 Å². The second-order valence-electron chi connectivity index (χ2n) is 5.56. The monoisotopic (exact) mass is 219 g/mol. The quantitative estimate of drug-likeness (QED) is 0.737. The molecule has 0 N–H and O–H groups in total. The van der Waals surface area contributed by atoms with Crippen LogP contribution in [0.2, 0.25) is 0 Å². The van der Waals surface area contributed by atoms with E-state index >= 15 is 0 Å². The largest absolute Gasteiger partial charge is 0.258 e. The molecular weight excluding hydrogens is 194 g/mol. The Kier molecular flexibility index (Phi) is 4.12. The van der Waals surface area contributed by atoms with E-state index in [0.29, 0.717) is 11.8 Å². The van der Waals surface area contributed by atoms with Gasteiger partial charge in [0.1, 0.15) is 0 Å². The molecule has 1 nitrogen and oxygen atoms in total. The number of aryl methyl sites for hydroxylation is 1. The maximum atomic E-state index is 4.79. The summed E-state index contributed by atoms with van der Waals surface area (Å²) < 4.78 is 0. The molecule has 0 aromatic carbocycles. The molecule has 1 heterocycles. The molecule has 1 aromatic rings. The van der Waals surface area contributed by atoms with Crippen molar-refractivity contribution in [1.29, 1.82) is 0 Å². The summed E-state index contributed by atoms with van der Waals surface area (Å²) in [7, 11) is 0. The van der Waals surface area contributed by atoms with Gasteiger partial charge in [0.2, 0.25) is 0 Å². The lowest BCUT2D eigenvalue weighted by molar-refractivity contribution is 0.628. The lowest BCUT2D eigenvalue weighted by Gasteiger charge is -2.19. The summed E-state index contributed by atoms with van der Waals surface area (Å²) in [5.41, 5.74) is 6.77. The third-order valence-electron chi connectivity index (χ3n) is 3.27. The van der Waals surface area contributed by atoms with E-state index in [9.17, 15) is 0 Å². The molecule has 0 saturated carbocycles. The van der Waals surface area contributed by atoms with Crippen molar-refractivity contribution in [2.45, 2.75) is 60.8 Å². The second kappa shape index (κ2) is 4.99. The first kappa shape index (κ1) is 13.2. The Balaban J connectivity index is 3.28. The molecule has 0 aliphatic heterocycles. The fourth-order valence-corrected chi connectivity index (χ4v) is 2.47. The number of nitrogens with zero attached hydrogens (tertiary/aromatic N) is 1. The molecule has 0 saturated heterocycles. The Morgan fingerprint density at radius 2 is 1.50 bits per heavy atom. The fraction of sp³-hybridized carbons (Fsp3) is 0.667. The van der Waals surface area contributed by atoms with Crippen LogP contribution in [0.1, 0.15) is 61.7 Å². The van der Waals surface area contributed by atoms with Crippen molar-refractivity contribution in [2.24, 2.45) is 5.92 Å². The van der Waals surface area contributed by atoms with Crippen LogP contribution in [0.3, 0.4) is 0 Å².